The molecular weight excluding hydrogens is 274 g/mol. The monoisotopic (exact) mass is 299 g/mol. The number of nitrogens with zero attached hydrogens (tertiary/aromatic N) is 1. The van der Waals surface area contributed by atoms with Gasteiger partial charge >= 0.3 is 11.9 Å². The Bertz CT molecular complexity index is 382. The fraction of sp³-hybridized carbons (Fsp3) is 0.800. The van der Waals surface area contributed by atoms with Gasteiger partial charge in [-0.05, 0) is 26.7 Å². The zero-order valence-electron chi connectivity index (χ0n) is 13.1. The molecule has 1 rings (SSSR count). The van der Waals surface area contributed by atoms with E-state index in [0.29, 0.717) is 12.8 Å². The lowest BCUT2D eigenvalue weighted by atomic mass is 10.1. The van der Waals surface area contributed by atoms with Gasteiger partial charge in [0.15, 0.2) is 0 Å². The summed E-state index contributed by atoms with van der Waals surface area (Å²) in [5, 5.41) is 0. The number of hydrogen-bond donors (Lipinski definition) is 0. The van der Waals surface area contributed by atoms with E-state index in [-0.39, 0.29) is 25.5 Å². The molecular formula is C15H25NO5. The molecule has 1 aliphatic heterocycles. The highest BCUT2D eigenvalue weighted by Gasteiger charge is 2.43. The first kappa shape index (κ1) is 17.5. The van der Waals surface area contributed by atoms with Crippen LogP contribution in [0.5, 0.6) is 0 Å². The molecule has 0 aromatic heterocycles. The summed E-state index contributed by atoms with van der Waals surface area (Å²) in [5.74, 6) is -1.05. The molecule has 2 unspecified atom stereocenters. The second-order valence-corrected chi connectivity index (χ2v) is 5.02. The van der Waals surface area contributed by atoms with Crippen molar-refractivity contribution in [1.29, 1.82) is 0 Å². The molecule has 0 bridgehead atoms. The maximum absolute atomic E-state index is 12.1. The van der Waals surface area contributed by atoms with Gasteiger partial charge in [-0.15, -0.1) is 0 Å². The number of carbonyl (C=O) groups excluding carboxylic acids is 3. The van der Waals surface area contributed by atoms with E-state index in [2.05, 4.69) is 0 Å². The van der Waals surface area contributed by atoms with Gasteiger partial charge in [0, 0.05) is 6.42 Å². The van der Waals surface area contributed by atoms with Crippen molar-refractivity contribution >= 4 is 17.8 Å². The molecule has 6 nitrogen and oxygen atoms in total. The van der Waals surface area contributed by atoms with Crippen LogP contribution in [-0.2, 0) is 23.9 Å². The molecule has 1 saturated heterocycles. The van der Waals surface area contributed by atoms with Crippen molar-refractivity contribution in [2.75, 3.05) is 13.2 Å². The van der Waals surface area contributed by atoms with E-state index in [4.69, 9.17) is 9.47 Å². The summed E-state index contributed by atoms with van der Waals surface area (Å²) in [5.41, 5.74) is 0. The number of hydrogen-bond acceptors (Lipinski definition) is 5. The fourth-order valence-electron chi connectivity index (χ4n) is 2.57. The molecule has 1 heterocycles. The van der Waals surface area contributed by atoms with Gasteiger partial charge in [0.25, 0.3) is 0 Å². The van der Waals surface area contributed by atoms with Crippen LogP contribution in [0.1, 0.15) is 52.9 Å². The minimum atomic E-state index is -0.686. The second kappa shape index (κ2) is 8.64. The van der Waals surface area contributed by atoms with Gasteiger partial charge in [-0.1, -0.05) is 19.8 Å². The van der Waals surface area contributed by atoms with Crippen LogP contribution in [0.3, 0.4) is 0 Å². The fourth-order valence-corrected chi connectivity index (χ4v) is 2.57. The summed E-state index contributed by atoms with van der Waals surface area (Å²) < 4.78 is 10.1. The Hall–Kier alpha value is -1.59. The van der Waals surface area contributed by atoms with Gasteiger partial charge in [0.2, 0.25) is 5.91 Å². The van der Waals surface area contributed by atoms with Gasteiger partial charge in [-0.2, -0.15) is 0 Å². The van der Waals surface area contributed by atoms with E-state index in [0.717, 1.165) is 12.8 Å². The molecule has 6 heteroatoms. The highest BCUT2D eigenvalue weighted by Crippen LogP contribution is 2.26. The predicted octanol–water partition coefficient (Wildman–Crippen LogP) is 1.66. The third kappa shape index (κ3) is 4.44. The van der Waals surface area contributed by atoms with Crippen LogP contribution in [0.4, 0.5) is 0 Å². The first-order valence-electron chi connectivity index (χ1n) is 7.71. The van der Waals surface area contributed by atoms with Gasteiger partial charge in [0.05, 0.1) is 13.2 Å². The Labute approximate surface area is 125 Å². The Morgan fingerprint density at radius 1 is 1.24 bits per heavy atom. The minimum Gasteiger partial charge on any atom is -0.464 e. The molecule has 0 aliphatic carbocycles. The molecule has 0 N–H and O–H groups in total. The highest BCUT2D eigenvalue weighted by atomic mass is 16.5. The molecule has 0 spiro atoms. The van der Waals surface area contributed by atoms with E-state index in [1.165, 1.54) is 4.90 Å². The SMILES string of the molecule is CCCCC(C(=O)OCC)N1C(=O)CCC1C(=O)OCC. The zero-order valence-corrected chi connectivity index (χ0v) is 13.1. The number of likely N-dealkylation sites (tertiary alicyclic amines) is 1. The van der Waals surface area contributed by atoms with Crippen LogP contribution in [0.2, 0.25) is 0 Å². The van der Waals surface area contributed by atoms with Crippen LogP contribution in [0.15, 0.2) is 0 Å². The van der Waals surface area contributed by atoms with Crippen molar-refractivity contribution < 1.29 is 23.9 Å². The van der Waals surface area contributed by atoms with Crippen LogP contribution in [0, 0.1) is 0 Å². The number of carbonyl (C=O) groups is 3. The summed E-state index contributed by atoms with van der Waals surface area (Å²) in [7, 11) is 0. The van der Waals surface area contributed by atoms with Gasteiger partial charge < -0.3 is 14.4 Å². The third-order valence-electron chi connectivity index (χ3n) is 3.54. The smallest absolute Gasteiger partial charge is 0.328 e. The summed E-state index contributed by atoms with van der Waals surface area (Å²) in [6.07, 6.45) is 2.88. The minimum absolute atomic E-state index is 0.179. The van der Waals surface area contributed by atoms with Crippen LogP contribution >= 0.6 is 0 Å². The van der Waals surface area contributed by atoms with Gasteiger partial charge in [-0.3, -0.25) is 4.79 Å². The molecule has 0 aromatic carbocycles. The second-order valence-electron chi connectivity index (χ2n) is 5.02. The Morgan fingerprint density at radius 3 is 2.48 bits per heavy atom. The molecule has 0 saturated carbocycles. The van der Waals surface area contributed by atoms with Gasteiger partial charge in [0.1, 0.15) is 12.1 Å². The van der Waals surface area contributed by atoms with E-state index in [1.54, 1.807) is 13.8 Å². The Balaban J connectivity index is 2.91. The van der Waals surface area contributed by atoms with Crippen molar-refractivity contribution in [3.8, 4) is 0 Å². The zero-order chi connectivity index (χ0) is 15.8. The van der Waals surface area contributed by atoms with Crippen molar-refractivity contribution in [3.63, 3.8) is 0 Å². The standard InChI is InChI=1S/C15H25NO5/c1-4-7-8-11(14(18)20-5-2)16-12(9-10-13(16)17)15(19)21-6-3/h11-12H,4-10H2,1-3H3. The molecule has 1 amide bonds. The maximum Gasteiger partial charge on any atom is 0.328 e. The Morgan fingerprint density at radius 2 is 1.90 bits per heavy atom. The average Bonchev–Trinajstić information content (AvgIpc) is 2.82. The maximum atomic E-state index is 12.1. The van der Waals surface area contributed by atoms with Crippen molar-refractivity contribution in [1.82, 2.24) is 4.90 Å². The normalized spacial score (nSPS) is 19.5. The topological polar surface area (TPSA) is 72.9 Å². The summed E-state index contributed by atoms with van der Waals surface area (Å²) in [6.45, 7) is 5.98. The third-order valence-corrected chi connectivity index (χ3v) is 3.54. The number of rotatable bonds is 8. The van der Waals surface area contributed by atoms with Gasteiger partial charge in [-0.25, -0.2) is 9.59 Å². The lowest BCUT2D eigenvalue weighted by molar-refractivity contribution is -0.160. The molecule has 2 atom stereocenters. The summed E-state index contributed by atoms with van der Waals surface area (Å²) >= 11 is 0. The molecule has 21 heavy (non-hydrogen) atoms. The van der Waals surface area contributed by atoms with Crippen LogP contribution in [-0.4, -0.2) is 48.0 Å². The quantitative estimate of drug-likeness (QED) is 0.637. The Kier molecular flexibility index (Phi) is 7.19. The lowest BCUT2D eigenvalue weighted by Crippen LogP contribution is -2.50. The van der Waals surface area contributed by atoms with Crippen molar-refractivity contribution in [3.05, 3.63) is 0 Å². The predicted molar refractivity (Wildman–Crippen MR) is 76.4 cm³/mol. The number of ether oxygens (including phenoxy) is 2. The number of esters is 2. The van der Waals surface area contributed by atoms with Crippen molar-refractivity contribution in [2.45, 2.75) is 65.0 Å². The van der Waals surface area contributed by atoms with Crippen LogP contribution < -0.4 is 0 Å². The molecule has 0 aromatic rings. The largest absolute Gasteiger partial charge is 0.464 e. The number of amides is 1. The van der Waals surface area contributed by atoms with E-state index < -0.39 is 24.0 Å². The first-order chi connectivity index (χ1) is 10.1. The lowest BCUT2D eigenvalue weighted by Gasteiger charge is -2.30. The molecule has 1 fully saturated rings. The number of unbranched alkanes of at least 4 members (excludes halogenated alkanes) is 1. The molecule has 0 radical (unpaired) electrons. The molecule has 1 aliphatic rings. The summed E-state index contributed by atoms with van der Waals surface area (Å²) in [6, 6.07) is -1.35. The van der Waals surface area contributed by atoms with Crippen molar-refractivity contribution in [2.24, 2.45) is 0 Å². The average molecular weight is 299 g/mol. The van der Waals surface area contributed by atoms with Crippen LogP contribution in [0.25, 0.3) is 0 Å². The molecule has 120 valence electrons. The van der Waals surface area contributed by atoms with E-state index in [9.17, 15) is 14.4 Å². The first-order valence-corrected chi connectivity index (χ1v) is 7.71. The van der Waals surface area contributed by atoms with E-state index >= 15 is 0 Å². The highest BCUT2D eigenvalue weighted by molar-refractivity contribution is 5.92. The summed E-state index contributed by atoms with van der Waals surface area (Å²) in [4.78, 5) is 37.6. The van der Waals surface area contributed by atoms with E-state index in [1.807, 2.05) is 6.92 Å².